The Morgan fingerprint density at radius 3 is 2.24 bits per heavy atom. The van der Waals surface area contributed by atoms with Crippen LogP contribution in [-0.4, -0.2) is 22.2 Å². The van der Waals surface area contributed by atoms with E-state index in [-0.39, 0.29) is 0 Å². The van der Waals surface area contributed by atoms with Crippen molar-refractivity contribution in [2.75, 3.05) is 0 Å². The minimum Gasteiger partial charge on any atom is -0.481 e. The van der Waals surface area contributed by atoms with Gasteiger partial charge in [0, 0.05) is 0 Å². The molecule has 2 atom stereocenters. The van der Waals surface area contributed by atoms with E-state index < -0.39 is 23.3 Å². The lowest BCUT2D eigenvalue weighted by molar-refractivity contribution is -0.163. The molecule has 1 aliphatic rings. The first-order valence-electron chi connectivity index (χ1n) is 8.16. The van der Waals surface area contributed by atoms with Crippen molar-refractivity contribution in [3.05, 3.63) is 12.2 Å². The molecule has 0 amide bonds. The lowest BCUT2D eigenvalue weighted by Gasteiger charge is -2.36. The highest BCUT2D eigenvalue weighted by Gasteiger charge is 2.48. The van der Waals surface area contributed by atoms with Crippen LogP contribution >= 0.6 is 0 Å². The molecule has 0 aromatic heterocycles. The van der Waals surface area contributed by atoms with Crippen LogP contribution < -0.4 is 0 Å². The maximum Gasteiger partial charge on any atom is 0.310 e. The molecule has 0 saturated heterocycles. The second kappa shape index (κ2) is 8.85. The van der Waals surface area contributed by atoms with E-state index in [1.165, 1.54) is 25.7 Å². The third-order valence-electron chi connectivity index (χ3n) is 4.64. The number of rotatable bonds is 10. The molecule has 0 fully saturated rings. The van der Waals surface area contributed by atoms with E-state index in [2.05, 4.69) is 6.92 Å². The topological polar surface area (TPSA) is 74.6 Å². The maximum atomic E-state index is 11.7. The van der Waals surface area contributed by atoms with Gasteiger partial charge in [-0.3, -0.25) is 9.59 Å². The highest BCUT2D eigenvalue weighted by Crippen LogP contribution is 2.43. The molecular formula is C17H28O4. The van der Waals surface area contributed by atoms with Crippen LogP contribution in [-0.2, 0) is 9.59 Å². The number of hydrogen-bond donors (Lipinski definition) is 2. The Labute approximate surface area is 127 Å². The predicted molar refractivity (Wildman–Crippen MR) is 82.2 cm³/mol. The van der Waals surface area contributed by atoms with Crippen LogP contribution in [0, 0.1) is 11.3 Å². The molecule has 1 aliphatic carbocycles. The first kappa shape index (κ1) is 17.7. The van der Waals surface area contributed by atoms with Crippen LogP contribution in [0.25, 0.3) is 0 Å². The van der Waals surface area contributed by atoms with Gasteiger partial charge in [-0.15, -0.1) is 0 Å². The number of carboxylic acids is 2. The quantitative estimate of drug-likeness (QED) is 0.467. The smallest absolute Gasteiger partial charge is 0.310 e. The molecule has 4 nitrogen and oxygen atoms in total. The zero-order valence-corrected chi connectivity index (χ0v) is 13.0. The SMILES string of the molecule is CCCCCCCCCC1(C(=O)O)CC=CCC1C(=O)O. The molecule has 2 unspecified atom stereocenters. The van der Waals surface area contributed by atoms with Gasteiger partial charge in [0.1, 0.15) is 0 Å². The van der Waals surface area contributed by atoms with Gasteiger partial charge >= 0.3 is 11.9 Å². The summed E-state index contributed by atoms with van der Waals surface area (Å²) in [5, 5.41) is 18.9. The lowest BCUT2D eigenvalue weighted by atomic mass is 9.66. The van der Waals surface area contributed by atoms with Gasteiger partial charge in [-0.2, -0.15) is 0 Å². The zero-order valence-electron chi connectivity index (χ0n) is 13.0. The fraction of sp³-hybridized carbons (Fsp3) is 0.765. The van der Waals surface area contributed by atoms with Crippen molar-refractivity contribution in [2.45, 2.75) is 71.1 Å². The van der Waals surface area contributed by atoms with Gasteiger partial charge in [0.15, 0.2) is 0 Å². The van der Waals surface area contributed by atoms with Crippen LogP contribution in [0.15, 0.2) is 12.2 Å². The van der Waals surface area contributed by atoms with E-state index in [4.69, 9.17) is 0 Å². The second-order valence-electron chi connectivity index (χ2n) is 6.13. The summed E-state index contributed by atoms with van der Waals surface area (Å²) >= 11 is 0. The Hall–Kier alpha value is -1.32. The third kappa shape index (κ3) is 4.87. The van der Waals surface area contributed by atoms with Gasteiger partial charge in [0.05, 0.1) is 11.3 Å². The number of carbonyl (C=O) groups is 2. The summed E-state index contributed by atoms with van der Waals surface area (Å²) in [5.41, 5.74) is -1.11. The standard InChI is InChI=1S/C17H28O4/c1-2-3-4-5-6-7-9-12-17(16(20)21)13-10-8-11-14(17)15(18)19/h8,10,14H,2-7,9,11-13H2,1H3,(H,18,19)(H,20,21). The van der Waals surface area contributed by atoms with Crippen molar-refractivity contribution in [1.82, 2.24) is 0 Å². The summed E-state index contributed by atoms with van der Waals surface area (Å²) in [6.07, 6.45) is 12.6. The van der Waals surface area contributed by atoms with Gasteiger partial charge in [-0.25, -0.2) is 0 Å². The first-order chi connectivity index (χ1) is 10.0. The summed E-state index contributed by atoms with van der Waals surface area (Å²) in [7, 11) is 0. The van der Waals surface area contributed by atoms with Crippen LogP contribution in [0.1, 0.15) is 71.1 Å². The molecule has 4 heteroatoms. The maximum absolute atomic E-state index is 11.7. The van der Waals surface area contributed by atoms with Crippen molar-refractivity contribution in [2.24, 2.45) is 11.3 Å². The Bertz CT molecular complexity index is 375. The molecule has 120 valence electrons. The molecule has 2 N–H and O–H groups in total. The molecule has 0 heterocycles. The minimum atomic E-state index is -1.11. The number of hydrogen-bond acceptors (Lipinski definition) is 2. The molecule has 0 aromatic carbocycles. The average molecular weight is 296 g/mol. The van der Waals surface area contributed by atoms with Crippen molar-refractivity contribution >= 4 is 11.9 Å². The monoisotopic (exact) mass is 296 g/mol. The van der Waals surface area contributed by atoms with E-state index in [0.717, 1.165) is 19.3 Å². The van der Waals surface area contributed by atoms with E-state index >= 15 is 0 Å². The highest BCUT2D eigenvalue weighted by molar-refractivity contribution is 5.84. The molecule has 0 aromatic rings. The van der Waals surface area contributed by atoms with E-state index in [1.807, 2.05) is 6.08 Å². The van der Waals surface area contributed by atoms with Gasteiger partial charge in [-0.05, 0) is 19.3 Å². The average Bonchev–Trinajstić information content (AvgIpc) is 2.46. The van der Waals surface area contributed by atoms with Crippen LogP contribution in [0.4, 0.5) is 0 Å². The fourth-order valence-corrected chi connectivity index (χ4v) is 3.25. The minimum absolute atomic E-state index is 0.331. The van der Waals surface area contributed by atoms with E-state index in [9.17, 15) is 19.8 Å². The molecule has 0 spiro atoms. The molecule has 0 saturated carbocycles. The zero-order chi connectivity index (χ0) is 15.7. The molecule has 0 bridgehead atoms. The number of allylic oxidation sites excluding steroid dienone is 2. The van der Waals surface area contributed by atoms with E-state index in [1.54, 1.807) is 6.08 Å². The summed E-state index contributed by atoms with van der Waals surface area (Å²) in [5.74, 6) is -2.73. The molecule has 0 aliphatic heterocycles. The Kier molecular flexibility index (Phi) is 7.48. The van der Waals surface area contributed by atoms with Gasteiger partial charge in [0.25, 0.3) is 0 Å². The van der Waals surface area contributed by atoms with Crippen molar-refractivity contribution in [3.8, 4) is 0 Å². The summed E-state index contributed by atoms with van der Waals surface area (Å²) in [6.45, 7) is 2.18. The lowest BCUT2D eigenvalue weighted by Crippen LogP contribution is -2.43. The largest absolute Gasteiger partial charge is 0.481 e. The number of aliphatic carboxylic acids is 2. The summed E-state index contributed by atoms with van der Waals surface area (Å²) in [6, 6.07) is 0. The third-order valence-corrected chi connectivity index (χ3v) is 4.64. The molecule has 21 heavy (non-hydrogen) atoms. The van der Waals surface area contributed by atoms with E-state index in [0.29, 0.717) is 19.3 Å². The first-order valence-corrected chi connectivity index (χ1v) is 8.16. The number of unbranched alkanes of at least 4 members (excludes halogenated alkanes) is 6. The van der Waals surface area contributed by atoms with Gasteiger partial charge in [-0.1, -0.05) is 64.0 Å². The van der Waals surface area contributed by atoms with Crippen molar-refractivity contribution in [1.29, 1.82) is 0 Å². The Balaban J connectivity index is 2.51. The number of carboxylic acid groups (broad SMARTS) is 2. The predicted octanol–water partition coefficient (Wildman–Crippen LogP) is 4.25. The second-order valence-corrected chi connectivity index (χ2v) is 6.13. The van der Waals surface area contributed by atoms with Crippen LogP contribution in [0.5, 0.6) is 0 Å². The molecule has 1 rings (SSSR count). The Morgan fingerprint density at radius 1 is 1.05 bits per heavy atom. The van der Waals surface area contributed by atoms with Crippen molar-refractivity contribution < 1.29 is 19.8 Å². The molecule has 0 radical (unpaired) electrons. The summed E-state index contributed by atoms with van der Waals surface area (Å²) < 4.78 is 0. The van der Waals surface area contributed by atoms with Crippen molar-refractivity contribution in [3.63, 3.8) is 0 Å². The van der Waals surface area contributed by atoms with Crippen LogP contribution in [0.2, 0.25) is 0 Å². The van der Waals surface area contributed by atoms with Crippen LogP contribution in [0.3, 0.4) is 0 Å². The highest BCUT2D eigenvalue weighted by atomic mass is 16.4. The Morgan fingerprint density at radius 2 is 1.67 bits per heavy atom. The summed E-state index contributed by atoms with van der Waals surface area (Å²) in [4.78, 5) is 23.1. The van der Waals surface area contributed by atoms with Gasteiger partial charge < -0.3 is 10.2 Å². The fourth-order valence-electron chi connectivity index (χ4n) is 3.25. The molecular weight excluding hydrogens is 268 g/mol. The normalized spacial score (nSPS) is 24.9. The van der Waals surface area contributed by atoms with Gasteiger partial charge in [0.2, 0.25) is 0 Å².